The summed E-state index contributed by atoms with van der Waals surface area (Å²) < 4.78 is 28.6. The molecule has 152 valence electrons. The van der Waals surface area contributed by atoms with Gasteiger partial charge in [-0.15, -0.1) is 0 Å². The fourth-order valence-electron chi connectivity index (χ4n) is 4.96. The fourth-order valence-corrected chi connectivity index (χ4v) is 4.96. The molecule has 1 saturated carbocycles. The Bertz CT molecular complexity index is 967. The molecule has 0 spiro atoms. The molecule has 0 amide bonds. The van der Waals surface area contributed by atoms with E-state index in [1.807, 2.05) is 12.1 Å². The maximum atomic E-state index is 15.1. The number of hydrogen-bond donors (Lipinski definition) is 0. The van der Waals surface area contributed by atoms with Crippen LogP contribution in [0.5, 0.6) is 0 Å². The third-order valence-corrected chi connectivity index (χ3v) is 6.66. The van der Waals surface area contributed by atoms with Gasteiger partial charge < -0.3 is 0 Å². The molecule has 0 bridgehead atoms. The lowest BCUT2D eigenvalue weighted by Crippen LogP contribution is -2.15. The van der Waals surface area contributed by atoms with Crippen molar-refractivity contribution in [1.29, 1.82) is 0 Å². The topological polar surface area (TPSA) is 0 Å². The second kappa shape index (κ2) is 9.07. The van der Waals surface area contributed by atoms with E-state index in [1.165, 1.54) is 62.6 Å². The maximum Gasteiger partial charge on any atom is 0.138 e. The number of hydrogen-bond acceptors (Lipinski definition) is 0. The van der Waals surface area contributed by atoms with E-state index < -0.39 is 0 Å². The molecule has 3 aromatic rings. The molecule has 0 atom stereocenters. The summed E-state index contributed by atoms with van der Waals surface area (Å²) in [6.07, 6.45) is 10.5. The maximum absolute atomic E-state index is 15.1. The number of fused-ring (bicyclic) bond motifs is 1. The minimum Gasteiger partial charge on any atom is -0.207 e. The van der Waals surface area contributed by atoms with Crippen molar-refractivity contribution in [3.8, 4) is 11.1 Å². The summed E-state index contributed by atoms with van der Waals surface area (Å²) in [6, 6.07) is 15.9. The molecule has 0 unspecified atom stereocenters. The summed E-state index contributed by atoms with van der Waals surface area (Å²) in [5, 5.41) is 1.53. The lowest BCUT2D eigenvalue weighted by atomic mass is 9.78. The molecule has 29 heavy (non-hydrogen) atoms. The Labute approximate surface area is 173 Å². The summed E-state index contributed by atoms with van der Waals surface area (Å²) in [5.74, 6) is 1.17. The molecular weight excluding hydrogens is 362 g/mol. The van der Waals surface area contributed by atoms with Crippen molar-refractivity contribution in [3.05, 3.63) is 71.8 Å². The van der Waals surface area contributed by atoms with Gasteiger partial charge in [-0.1, -0.05) is 87.9 Å². The highest BCUT2D eigenvalue weighted by Gasteiger charge is 2.20. The molecule has 3 aromatic carbocycles. The summed E-state index contributed by atoms with van der Waals surface area (Å²) in [6.45, 7) is 2.29. The van der Waals surface area contributed by atoms with Crippen LogP contribution in [0.4, 0.5) is 8.78 Å². The molecule has 0 aliphatic heterocycles. The first-order valence-electron chi connectivity index (χ1n) is 11.1. The minimum atomic E-state index is -0.346. The zero-order valence-electron chi connectivity index (χ0n) is 17.3. The summed E-state index contributed by atoms with van der Waals surface area (Å²) >= 11 is 0. The lowest BCUT2D eigenvalue weighted by Gasteiger charge is -2.28. The number of aryl methyl sites for hydroxylation is 1. The van der Waals surface area contributed by atoms with E-state index in [4.69, 9.17) is 0 Å². The third-order valence-electron chi connectivity index (χ3n) is 6.66. The van der Waals surface area contributed by atoms with Crippen LogP contribution in [-0.2, 0) is 6.42 Å². The Morgan fingerprint density at radius 3 is 2.31 bits per heavy atom. The van der Waals surface area contributed by atoms with Gasteiger partial charge in [0.15, 0.2) is 0 Å². The molecule has 1 aliphatic carbocycles. The van der Waals surface area contributed by atoms with Gasteiger partial charge in [-0.2, -0.15) is 0 Å². The van der Waals surface area contributed by atoms with Crippen molar-refractivity contribution < 1.29 is 8.78 Å². The van der Waals surface area contributed by atoms with Gasteiger partial charge in [-0.25, -0.2) is 8.78 Å². The lowest BCUT2D eigenvalue weighted by molar-refractivity contribution is 0.252. The average Bonchev–Trinajstić information content (AvgIpc) is 2.74. The Morgan fingerprint density at radius 1 is 0.828 bits per heavy atom. The van der Waals surface area contributed by atoms with E-state index in [9.17, 15) is 4.39 Å². The summed E-state index contributed by atoms with van der Waals surface area (Å²) in [4.78, 5) is 0. The van der Waals surface area contributed by atoms with Crippen LogP contribution in [0.2, 0.25) is 0 Å². The van der Waals surface area contributed by atoms with Gasteiger partial charge in [0.2, 0.25) is 0 Å². The molecule has 0 aromatic heterocycles. The first kappa shape index (κ1) is 20.1. The Morgan fingerprint density at radius 2 is 1.59 bits per heavy atom. The summed E-state index contributed by atoms with van der Waals surface area (Å²) in [7, 11) is 0. The van der Waals surface area contributed by atoms with Gasteiger partial charge in [0.05, 0.1) is 0 Å². The van der Waals surface area contributed by atoms with Crippen LogP contribution in [0.1, 0.15) is 57.4 Å². The van der Waals surface area contributed by atoms with E-state index in [2.05, 4.69) is 19.1 Å². The van der Waals surface area contributed by atoms with Crippen molar-refractivity contribution >= 4 is 10.8 Å². The van der Waals surface area contributed by atoms with Crippen molar-refractivity contribution in [2.75, 3.05) is 0 Å². The van der Waals surface area contributed by atoms with Crippen LogP contribution < -0.4 is 0 Å². The second-order valence-electron chi connectivity index (χ2n) is 8.71. The monoisotopic (exact) mass is 392 g/mol. The van der Waals surface area contributed by atoms with Crippen molar-refractivity contribution in [2.24, 2.45) is 11.8 Å². The Hall–Kier alpha value is -2.22. The highest BCUT2D eigenvalue weighted by atomic mass is 19.1. The van der Waals surface area contributed by atoms with E-state index in [0.717, 1.165) is 23.6 Å². The van der Waals surface area contributed by atoms with Crippen LogP contribution >= 0.6 is 0 Å². The van der Waals surface area contributed by atoms with Crippen molar-refractivity contribution in [2.45, 2.75) is 58.3 Å². The molecule has 0 radical (unpaired) electrons. The molecule has 0 nitrogen and oxygen atoms in total. The first-order valence-corrected chi connectivity index (χ1v) is 11.1. The van der Waals surface area contributed by atoms with E-state index in [1.54, 1.807) is 18.2 Å². The van der Waals surface area contributed by atoms with Crippen LogP contribution in [-0.4, -0.2) is 0 Å². The normalized spacial score (nSPS) is 19.6. The van der Waals surface area contributed by atoms with Gasteiger partial charge in [-0.3, -0.25) is 0 Å². The van der Waals surface area contributed by atoms with Crippen molar-refractivity contribution in [3.63, 3.8) is 0 Å². The van der Waals surface area contributed by atoms with Crippen LogP contribution in [0, 0.1) is 23.5 Å². The van der Waals surface area contributed by atoms with E-state index in [-0.39, 0.29) is 11.6 Å². The molecule has 1 aliphatic rings. The predicted octanol–water partition coefficient (Wildman–Crippen LogP) is 8.32. The molecule has 0 N–H and O–H groups in total. The zero-order chi connectivity index (χ0) is 20.2. The van der Waals surface area contributed by atoms with Gasteiger partial charge in [0, 0.05) is 10.9 Å². The highest BCUT2D eigenvalue weighted by molar-refractivity contribution is 5.88. The van der Waals surface area contributed by atoms with Gasteiger partial charge in [-0.05, 0) is 53.3 Å². The Kier molecular flexibility index (Phi) is 6.28. The number of rotatable bonds is 6. The van der Waals surface area contributed by atoms with Crippen molar-refractivity contribution in [1.82, 2.24) is 0 Å². The molecule has 4 rings (SSSR count). The van der Waals surface area contributed by atoms with Crippen LogP contribution in [0.3, 0.4) is 0 Å². The molecule has 0 saturated heterocycles. The third kappa shape index (κ3) is 4.69. The highest BCUT2D eigenvalue weighted by Crippen LogP contribution is 2.34. The number of halogens is 2. The van der Waals surface area contributed by atoms with Gasteiger partial charge in [0.25, 0.3) is 0 Å². The summed E-state index contributed by atoms with van der Waals surface area (Å²) in [5.41, 5.74) is 2.31. The fraction of sp³-hybridized carbons (Fsp3) is 0.407. The second-order valence-corrected chi connectivity index (χ2v) is 8.71. The van der Waals surface area contributed by atoms with Gasteiger partial charge >= 0.3 is 0 Å². The zero-order valence-corrected chi connectivity index (χ0v) is 17.3. The van der Waals surface area contributed by atoms with E-state index >= 15 is 4.39 Å². The average molecular weight is 393 g/mol. The molecule has 0 heterocycles. The molecular formula is C27H30F2. The number of benzene rings is 3. The molecule has 2 heteroatoms. The quantitative estimate of drug-likeness (QED) is 0.395. The van der Waals surface area contributed by atoms with Crippen LogP contribution in [0.25, 0.3) is 21.9 Å². The van der Waals surface area contributed by atoms with Gasteiger partial charge in [0.1, 0.15) is 11.6 Å². The largest absolute Gasteiger partial charge is 0.207 e. The molecule has 1 fully saturated rings. The van der Waals surface area contributed by atoms with Crippen LogP contribution in [0.15, 0.2) is 54.6 Å². The minimum absolute atomic E-state index is 0.270. The predicted molar refractivity (Wildman–Crippen MR) is 118 cm³/mol. The SMILES string of the molecule is CCC[C@H]1CC[C@H](CCc2ccc3c(F)c(-c4cccc(F)c4)ccc3c2)CC1. The Balaban J connectivity index is 1.45. The van der Waals surface area contributed by atoms with E-state index in [0.29, 0.717) is 16.5 Å². The first-order chi connectivity index (χ1) is 14.1. The standard InChI is InChI=1S/C27H30F2/c1-2-4-19-7-9-20(10-8-19)11-12-21-13-15-25-23(17-21)14-16-26(27(25)29)22-5-3-6-24(28)18-22/h3,5-6,13-20H,2,4,7-12H2,1H3/t19-,20-. The smallest absolute Gasteiger partial charge is 0.138 e.